The number of nitrogens with one attached hydrogen (secondary N) is 1. The maximum Gasteiger partial charge on any atom is 0.254 e. The van der Waals surface area contributed by atoms with Crippen LogP contribution in [0.2, 0.25) is 0 Å². The van der Waals surface area contributed by atoms with Crippen LogP contribution in [-0.2, 0) is 11.3 Å². The summed E-state index contributed by atoms with van der Waals surface area (Å²) in [7, 11) is 0. The Kier molecular flexibility index (Phi) is 6.69. The second-order valence-corrected chi connectivity index (χ2v) is 8.18. The third-order valence-electron chi connectivity index (χ3n) is 5.13. The molecule has 0 spiro atoms. The molecule has 1 amide bonds. The molecule has 6 heteroatoms. The summed E-state index contributed by atoms with van der Waals surface area (Å²) in [6.45, 7) is 0.473. The van der Waals surface area contributed by atoms with Crippen LogP contribution in [0.5, 0.6) is 0 Å². The first-order valence-corrected chi connectivity index (χ1v) is 11.1. The summed E-state index contributed by atoms with van der Waals surface area (Å²) >= 11 is 1.52. The van der Waals surface area contributed by atoms with E-state index in [0.717, 1.165) is 11.3 Å². The molecule has 2 heterocycles. The summed E-state index contributed by atoms with van der Waals surface area (Å²) in [6.07, 6.45) is 2.21. The van der Waals surface area contributed by atoms with E-state index in [-0.39, 0.29) is 23.9 Å². The highest BCUT2D eigenvalue weighted by Crippen LogP contribution is 2.27. The van der Waals surface area contributed by atoms with Crippen molar-refractivity contribution in [3.63, 3.8) is 0 Å². The van der Waals surface area contributed by atoms with Gasteiger partial charge in [0.15, 0.2) is 0 Å². The summed E-state index contributed by atoms with van der Waals surface area (Å²) in [5.41, 5.74) is 2.82. The quantitative estimate of drug-likeness (QED) is 0.454. The second kappa shape index (κ2) is 10.00. The van der Waals surface area contributed by atoms with Crippen LogP contribution in [0.1, 0.15) is 23.5 Å². The predicted octanol–water partition coefficient (Wildman–Crippen LogP) is 4.31. The molecule has 0 aliphatic heterocycles. The van der Waals surface area contributed by atoms with Gasteiger partial charge in [-0.15, -0.1) is 11.3 Å². The Morgan fingerprint density at radius 3 is 2.23 bits per heavy atom. The maximum atomic E-state index is 12.4. The van der Waals surface area contributed by atoms with E-state index >= 15 is 0 Å². The van der Waals surface area contributed by atoms with Gasteiger partial charge in [0.25, 0.3) is 5.56 Å². The minimum Gasteiger partial charge on any atom is -0.355 e. The van der Waals surface area contributed by atoms with Crippen LogP contribution in [0.15, 0.2) is 95.4 Å². The summed E-state index contributed by atoms with van der Waals surface area (Å²) in [4.78, 5) is 30.1. The molecule has 5 nitrogen and oxygen atoms in total. The molecule has 0 bridgehead atoms. The monoisotopic (exact) mass is 429 g/mol. The standard InChI is InChI=1S/C25H23N3O2S/c29-24(17-28-18-27-22(16-25(28)30)23-12-7-15-31-23)26-14-13-21(19-8-3-1-4-9-19)20-10-5-2-6-11-20/h1-12,15-16,18,21H,13-14,17H2,(H,26,29). The van der Waals surface area contributed by atoms with Gasteiger partial charge in [0.1, 0.15) is 6.54 Å². The van der Waals surface area contributed by atoms with Crippen molar-refractivity contribution in [2.45, 2.75) is 18.9 Å². The van der Waals surface area contributed by atoms with Crippen molar-refractivity contribution in [3.8, 4) is 10.6 Å². The largest absolute Gasteiger partial charge is 0.355 e. The molecular weight excluding hydrogens is 406 g/mol. The molecule has 1 N–H and O–H groups in total. The summed E-state index contributed by atoms with van der Waals surface area (Å²) in [6, 6.07) is 25.9. The van der Waals surface area contributed by atoms with E-state index in [0.29, 0.717) is 12.2 Å². The smallest absolute Gasteiger partial charge is 0.254 e. The van der Waals surface area contributed by atoms with E-state index in [9.17, 15) is 9.59 Å². The first-order valence-electron chi connectivity index (χ1n) is 10.2. The maximum absolute atomic E-state index is 12.4. The fraction of sp³-hybridized carbons (Fsp3) is 0.160. The van der Waals surface area contributed by atoms with Gasteiger partial charge in [-0.3, -0.25) is 14.2 Å². The van der Waals surface area contributed by atoms with E-state index in [2.05, 4.69) is 34.6 Å². The summed E-state index contributed by atoms with van der Waals surface area (Å²) in [5.74, 6) is -0.00943. The van der Waals surface area contributed by atoms with E-state index in [1.807, 2.05) is 53.9 Å². The van der Waals surface area contributed by atoms with Gasteiger partial charge in [-0.1, -0.05) is 66.7 Å². The Bertz CT molecular complexity index is 1130. The fourth-order valence-electron chi connectivity index (χ4n) is 3.57. The third kappa shape index (κ3) is 5.35. The highest BCUT2D eigenvalue weighted by atomic mass is 32.1. The third-order valence-corrected chi connectivity index (χ3v) is 6.02. The lowest BCUT2D eigenvalue weighted by atomic mass is 9.88. The number of benzene rings is 2. The molecule has 0 atom stereocenters. The van der Waals surface area contributed by atoms with Crippen LogP contribution < -0.4 is 10.9 Å². The van der Waals surface area contributed by atoms with E-state index in [4.69, 9.17) is 0 Å². The van der Waals surface area contributed by atoms with Crippen molar-refractivity contribution in [1.29, 1.82) is 0 Å². The van der Waals surface area contributed by atoms with Gasteiger partial charge in [-0.05, 0) is 29.0 Å². The number of amides is 1. The molecule has 0 unspecified atom stereocenters. The molecule has 156 valence electrons. The van der Waals surface area contributed by atoms with Gasteiger partial charge in [-0.2, -0.15) is 0 Å². The average Bonchev–Trinajstić information content (AvgIpc) is 3.34. The van der Waals surface area contributed by atoms with Crippen molar-refractivity contribution in [2.24, 2.45) is 0 Å². The van der Waals surface area contributed by atoms with Crippen molar-refractivity contribution in [1.82, 2.24) is 14.9 Å². The molecule has 0 aliphatic carbocycles. The number of aromatic nitrogens is 2. The minimum absolute atomic E-state index is 0.0438. The van der Waals surface area contributed by atoms with Crippen LogP contribution in [0.25, 0.3) is 10.6 Å². The first-order chi connectivity index (χ1) is 15.2. The second-order valence-electron chi connectivity index (χ2n) is 7.23. The first kappa shape index (κ1) is 20.8. The molecule has 0 fully saturated rings. The highest BCUT2D eigenvalue weighted by molar-refractivity contribution is 7.13. The molecule has 2 aromatic heterocycles. The number of carbonyl (C=O) groups excluding carboxylic acids is 1. The topological polar surface area (TPSA) is 64.0 Å². The molecule has 4 rings (SSSR count). The van der Waals surface area contributed by atoms with Crippen molar-refractivity contribution < 1.29 is 4.79 Å². The number of hydrogen-bond donors (Lipinski definition) is 1. The predicted molar refractivity (Wildman–Crippen MR) is 124 cm³/mol. The van der Waals surface area contributed by atoms with E-state index < -0.39 is 0 Å². The van der Waals surface area contributed by atoms with Gasteiger partial charge in [0.05, 0.1) is 16.9 Å². The molecule has 4 aromatic rings. The highest BCUT2D eigenvalue weighted by Gasteiger charge is 2.14. The van der Waals surface area contributed by atoms with E-state index in [1.54, 1.807) is 0 Å². The Morgan fingerprint density at radius 1 is 0.968 bits per heavy atom. The number of rotatable bonds is 8. The van der Waals surface area contributed by atoms with Crippen LogP contribution >= 0.6 is 11.3 Å². The SMILES string of the molecule is O=C(Cn1cnc(-c2cccs2)cc1=O)NCCC(c1ccccc1)c1ccccc1. The van der Waals surface area contributed by atoms with Gasteiger partial charge >= 0.3 is 0 Å². The fourth-order valence-corrected chi connectivity index (χ4v) is 4.26. The number of hydrogen-bond acceptors (Lipinski definition) is 4. The molecule has 0 saturated heterocycles. The van der Waals surface area contributed by atoms with Gasteiger partial charge in [0, 0.05) is 18.5 Å². The van der Waals surface area contributed by atoms with Crippen LogP contribution in [0, 0.1) is 0 Å². The number of thiophene rings is 1. The number of nitrogens with zero attached hydrogens (tertiary/aromatic N) is 2. The van der Waals surface area contributed by atoms with Gasteiger partial charge in [0.2, 0.25) is 5.91 Å². The zero-order valence-corrected chi connectivity index (χ0v) is 17.8. The summed E-state index contributed by atoms with van der Waals surface area (Å²) < 4.78 is 1.33. The molecule has 0 saturated carbocycles. The zero-order chi connectivity index (χ0) is 21.5. The zero-order valence-electron chi connectivity index (χ0n) is 17.0. The van der Waals surface area contributed by atoms with Crippen molar-refractivity contribution in [2.75, 3.05) is 6.54 Å². The molecular formula is C25H23N3O2S. The minimum atomic E-state index is -0.236. The normalized spacial score (nSPS) is 10.9. The molecule has 2 aromatic carbocycles. The Balaban J connectivity index is 1.37. The van der Waals surface area contributed by atoms with Gasteiger partial charge < -0.3 is 5.32 Å². The lowest BCUT2D eigenvalue weighted by Crippen LogP contribution is -2.33. The van der Waals surface area contributed by atoms with E-state index in [1.165, 1.54) is 39.4 Å². The summed E-state index contributed by atoms with van der Waals surface area (Å²) in [5, 5.41) is 4.88. The van der Waals surface area contributed by atoms with Crippen LogP contribution in [0.3, 0.4) is 0 Å². The van der Waals surface area contributed by atoms with Crippen molar-refractivity contribution in [3.05, 3.63) is 112 Å². The Hall–Kier alpha value is -3.51. The molecule has 0 aliphatic rings. The van der Waals surface area contributed by atoms with Crippen LogP contribution in [-0.4, -0.2) is 22.0 Å². The average molecular weight is 430 g/mol. The lowest BCUT2D eigenvalue weighted by Gasteiger charge is -2.18. The Morgan fingerprint density at radius 2 is 1.65 bits per heavy atom. The number of carbonyl (C=O) groups is 1. The van der Waals surface area contributed by atoms with Crippen LogP contribution in [0.4, 0.5) is 0 Å². The molecule has 0 radical (unpaired) electrons. The lowest BCUT2D eigenvalue weighted by molar-refractivity contribution is -0.121. The van der Waals surface area contributed by atoms with Gasteiger partial charge in [-0.25, -0.2) is 4.98 Å². The van der Waals surface area contributed by atoms with Crippen molar-refractivity contribution >= 4 is 17.2 Å². The Labute approximate surface area is 185 Å². The molecule has 31 heavy (non-hydrogen) atoms.